The summed E-state index contributed by atoms with van der Waals surface area (Å²) in [5.41, 5.74) is 0. The van der Waals surface area contributed by atoms with Gasteiger partial charge in [-0.2, -0.15) is 79.0 Å². The third kappa shape index (κ3) is 12.0. The van der Waals surface area contributed by atoms with Gasteiger partial charge in [0.25, 0.3) is 0 Å². The number of hydrogen-bond donors (Lipinski definition) is 2. The summed E-state index contributed by atoms with van der Waals surface area (Å²) in [6, 6.07) is 0. The predicted octanol–water partition coefficient (Wildman–Crippen LogP) is 7.70. The van der Waals surface area contributed by atoms with E-state index in [1.54, 1.807) is 45.2 Å². The van der Waals surface area contributed by atoms with Crippen LogP contribution in [0.4, 0.5) is 79.0 Å². The molecule has 0 amide bonds. The number of rotatable bonds is 17. The average Bonchev–Trinajstić information content (AvgIpc) is 2.84. The first kappa shape index (κ1) is 45.2. The zero-order valence-corrected chi connectivity index (χ0v) is 25.1. The van der Waals surface area contributed by atoms with Crippen LogP contribution in [0.25, 0.3) is 0 Å². The molecule has 0 heterocycles. The van der Waals surface area contributed by atoms with Gasteiger partial charge in [-0.1, -0.05) is 45.2 Å². The Morgan fingerprint density at radius 3 is 1.07 bits per heavy atom. The predicted molar refractivity (Wildman–Crippen MR) is 127 cm³/mol. The van der Waals surface area contributed by atoms with Crippen LogP contribution in [0, 0.1) is 0 Å². The van der Waals surface area contributed by atoms with Gasteiger partial charge in [0.2, 0.25) is 0 Å². The van der Waals surface area contributed by atoms with E-state index >= 15 is 0 Å². The maximum atomic E-state index is 13.1. The van der Waals surface area contributed by atoms with Crippen molar-refractivity contribution in [1.29, 1.82) is 0 Å². The number of aliphatic hydroxyl groups excluding tert-OH is 2. The minimum atomic E-state index is -6.87. The van der Waals surface area contributed by atoms with Gasteiger partial charge in [0.1, 0.15) is 0 Å². The minimum absolute atomic E-state index is 0.113. The molecule has 0 aliphatic carbocycles. The van der Waals surface area contributed by atoms with Crippen LogP contribution < -0.4 is 0 Å². The SMILES string of the molecule is OCC(I)COCCC(F)(F)C(F)(F)C(F)(F)C(F)(F)F.OCC(I)COCCCC(F)(F)C(F)(F)C(F)(F)C(F)(F)F. The van der Waals surface area contributed by atoms with Crippen LogP contribution in [0.3, 0.4) is 0 Å². The molecule has 0 spiro atoms. The molecular formula is C19H22F18I2O4. The van der Waals surface area contributed by atoms with Crippen molar-refractivity contribution in [2.24, 2.45) is 0 Å². The maximum Gasteiger partial charge on any atom is 0.460 e. The van der Waals surface area contributed by atoms with E-state index in [9.17, 15) is 79.0 Å². The van der Waals surface area contributed by atoms with Gasteiger partial charge in [0, 0.05) is 19.4 Å². The Balaban J connectivity index is 0. The standard InChI is InChI=1S/C10H12F9IO2.C9H10F9IO2/c11-7(12,2-1-3-22-5-6(20)4-21)8(13,14)9(15,16)10(17,18)19;10-6(11,1-2-21-4-5(19)3-20)7(12,13)8(14,15)9(16,17)18/h6,21H,1-5H2;5,20H,1-4H2. The second-order valence-corrected chi connectivity index (χ2v) is 11.8. The van der Waals surface area contributed by atoms with Crippen LogP contribution in [-0.4, -0.2) is 106 Å². The number of alkyl halides is 20. The second-order valence-electron chi connectivity index (χ2n) is 8.27. The molecule has 0 saturated heterocycles. The van der Waals surface area contributed by atoms with Crippen molar-refractivity contribution < 1.29 is 98.7 Å². The molecule has 262 valence electrons. The first-order valence-electron chi connectivity index (χ1n) is 11.0. The summed E-state index contributed by atoms with van der Waals surface area (Å²) in [5, 5.41) is 17.1. The molecule has 0 aromatic heterocycles. The van der Waals surface area contributed by atoms with Gasteiger partial charge >= 0.3 is 47.9 Å². The first-order chi connectivity index (χ1) is 18.9. The van der Waals surface area contributed by atoms with E-state index in [1.165, 1.54) is 0 Å². The third-order valence-electron chi connectivity index (χ3n) is 4.75. The Hall–Kier alpha value is 0.0400. The molecule has 2 unspecified atom stereocenters. The van der Waals surface area contributed by atoms with E-state index in [1.807, 2.05) is 0 Å². The Morgan fingerprint density at radius 1 is 0.465 bits per heavy atom. The smallest absolute Gasteiger partial charge is 0.395 e. The van der Waals surface area contributed by atoms with Gasteiger partial charge in [0.15, 0.2) is 0 Å². The van der Waals surface area contributed by atoms with Crippen LogP contribution in [-0.2, 0) is 9.47 Å². The molecule has 0 aromatic rings. The van der Waals surface area contributed by atoms with Gasteiger partial charge in [-0.3, -0.25) is 0 Å². The van der Waals surface area contributed by atoms with E-state index in [4.69, 9.17) is 14.9 Å². The third-order valence-corrected chi connectivity index (χ3v) is 6.26. The van der Waals surface area contributed by atoms with Crippen LogP contribution in [0.2, 0.25) is 0 Å². The van der Waals surface area contributed by atoms with Crippen molar-refractivity contribution in [2.75, 3.05) is 39.6 Å². The molecule has 0 rings (SSSR count). The Labute approximate surface area is 258 Å². The summed E-state index contributed by atoms with van der Waals surface area (Å²) in [6.45, 7) is -2.91. The summed E-state index contributed by atoms with van der Waals surface area (Å²) in [7, 11) is 0. The number of halogens is 20. The lowest BCUT2D eigenvalue weighted by Gasteiger charge is -2.33. The Morgan fingerprint density at radius 2 is 0.767 bits per heavy atom. The molecule has 2 atom stereocenters. The largest absolute Gasteiger partial charge is 0.460 e. The summed E-state index contributed by atoms with van der Waals surface area (Å²) < 4.78 is 232. The summed E-state index contributed by atoms with van der Waals surface area (Å²) >= 11 is 3.36. The van der Waals surface area contributed by atoms with Crippen molar-refractivity contribution in [2.45, 2.75) is 75.0 Å². The van der Waals surface area contributed by atoms with E-state index in [-0.39, 0.29) is 19.8 Å². The van der Waals surface area contributed by atoms with Gasteiger partial charge in [-0.25, -0.2) is 0 Å². The molecule has 0 bridgehead atoms. The highest BCUT2D eigenvalue weighted by Gasteiger charge is 2.82. The Kier molecular flexibility index (Phi) is 17.6. The fraction of sp³-hybridized carbons (Fsp3) is 1.00. The van der Waals surface area contributed by atoms with E-state index in [0.717, 1.165) is 0 Å². The monoisotopic (exact) mass is 910 g/mol. The van der Waals surface area contributed by atoms with Crippen molar-refractivity contribution in [3.8, 4) is 0 Å². The van der Waals surface area contributed by atoms with E-state index in [2.05, 4.69) is 4.74 Å². The van der Waals surface area contributed by atoms with Crippen LogP contribution >= 0.6 is 45.2 Å². The zero-order chi connectivity index (χ0) is 34.9. The molecular weight excluding hydrogens is 888 g/mol. The molecule has 0 radical (unpaired) electrons. The summed E-state index contributed by atoms with van der Waals surface area (Å²) in [5.74, 6) is -38.1. The highest BCUT2D eigenvalue weighted by atomic mass is 127. The Bertz CT molecular complexity index is 807. The number of ether oxygens (including phenoxy) is 2. The molecule has 2 N–H and O–H groups in total. The lowest BCUT2D eigenvalue weighted by molar-refractivity contribution is -0.397. The van der Waals surface area contributed by atoms with E-state index < -0.39 is 94.8 Å². The quantitative estimate of drug-likeness (QED) is 0.0681. The average molecular weight is 910 g/mol. The highest BCUT2D eigenvalue weighted by Crippen LogP contribution is 2.55. The van der Waals surface area contributed by atoms with Gasteiger partial charge < -0.3 is 19.7 Å². The van der Waals surface area contributed by atoms with Crippen molar-refractivity contribution in [3.05, 3.63) is 0 Å². The number of aliphatic hydroxyl groups is 2. The molecule has 0 aliphatic rings. The van der Waals surface area contributed by atoms with Crippen molar-refractivity contribution >= 4 is 45.2 Å². The van der Waals surface area contributed by atoms with Crippen molar-refractivity contribution in [3.63, 3.8) is 0 Å². The zero-order valence-electron chi connectivity index (χ0n) is 20.8. The minimum Gasteiger partial charge on any atom is -0.395 e. The van der Waals surface area contributed by atoms with Crippen LogP contribution in [0.1, 0.15) is 19.3 Å². The lowest BCUT2D eigenvalue weighted by Crippen LogP contribution is -2.61. The number of hydrogen-bond acceptors (Lipinski definition) is 4. The molecule has 24 heteroatoms. The van der Waals surface area contributed by atoms with E-state index in [0.29, 0.717) is 0 Å². The fourth-order valence-corrected chi connectivity index (χ4v) is 2.76. The highest BCUT2D eigenvalue weighted by molar-refractivity contribution is 14.1. The first-order valence-corrected chi connectivity index (χ1v) is 13.5. The van der Waals surface area contributed by atoms with Gasteiger partial charge in [0.05, 0.1) is 40.9 Å². The molecule has 0 fully saturated rings. The topological polar surface area (TPSA) is 58.9 Å². The van der Waals surface area contributed by atoms with Crippen LogP contribution in [0.5, 0.6) is 0 Å². The van der Waals surface area contributed by atoms with Gasteiger partial charge in [-0.05, 0) is 6.42 Å². The van der Waals surface area contributed by atoms with Crippen molar-refractivity contribution in [1.82, 2.24) is 0 Å². The molecule has 0 aliphatic heterocycles. The summed E-state index contributed by atoms with van der Waals surface area (Å²) in [4.78, 5) is 0. The molecule has 0 aromatic carbocycles. The molecule has 0 saturated carbocycles. The van der Waals surface area contributed by atoms with Crippen LogP contribution in [0.15, 0.2) is 0 Å². The maximum absolute atomic E-state index is 13.1. The van der Waals surface area contributed by atoms with Gasteiger partial charge in [-0.15, -0.1) is 0 Å². The molecule has 4 nitrogen and oxygen atoms in total. The normalized spacial score (nSPS) is 16.0. The fourth-order valence-electron chi connectivity index (χ4n) is 2.25. The second kappa shape index (κ2) is 16.7. The summed E-state index contributed by atoms with van der Waals surface area (Å²) in [6.07, 6.45) is -18.4. The molecule has 43 heavy (non-hydrogen) atoms. The lowest BCUT2D eigenvalue weighted by atomic mass is 10.00.